The first-order valence-corrected chi connectivity index (χ1v) is 4.26. The van der Waals surface area contributed by atoms with Crippen molar-refractivity contribution in [2.75, 3.05) is 0 Å². The number of benzene rings is 1. The highest BCUT2D eigenvalue weighted by Gasteiger charge is 1.99. The SMILES string of the molecule is NC#CC(O)CCc1ccccc1. The van der Waals surface area contributed by atoms with Crippen molar-refractivity contribution in [1.82, 2.24) is 0 Å². The second kappa shape index (κ2) is 5.23. The highest BCUT2D eigenvalue weighted by molar-refractivity contribution is 5.15. The Hall–Kier alpha value is -1.46. The molecule has 1 aromatic carbocycles. The smallest absolute Gasteiger partial charge is 0.116 e. The molecule has 1 unspecified atom stereocenters. The van der Waals surface area contributed by atoms with Crippen molar-refractivity contribution in [3.05, 3.63) is 35.9 Å². The van der Waals surface area contributed by atoms with Crippen LogP contribution in [0.5, 0.6) is 0 Å². The van der Waals surface area contributed by atoms with E-state index in [-0.39, 0.29) is 0 Å². The van der Waals surface area contributed by atoms with E-state index in [1.165, 1.54) is 5.56 Å². The molecule has 0 spiro atoms. The average Bonchev–Trinajstić information content (AvgIpc) is 2.17. The molecule has 0 saturated heterocycles. The van der Waals surface area contributed by atoms with E-state index in [1.54, 1.807) is 0 Å². The normalized spacial score (nSPS) is 11.5. The van der Waals surface area contributed by atoms with E-state index < -0.39 is 6.10 Å². The number of hydrogen-bond acceptors (Lipinski definition) is 2. The van der Waals surface area contributed by atoms with Gasteiger partial charge in [0.2, 0.25) is 0 Å². The van der Waals surface area contributed by atoms with Crippen LogP contribution in [-0.4, -0.2) is 11.2 Å². The number of aliphatic hydroxyl groups is 1. The van der Waals surface area contributed by atoms with E-state index in [0.717, 1.165) is 6.42 Å². The zero-order valence-corrected chi connectivity index (χ0v) is 7.40. The summed E-state index contributed by atoms with van der Waals surface area (Å²) in [6.07, 6.45) is 0.857. The summed E-state index contributed by atoms with van der Waals surface area (Å²) >= 11 is 0. The topological polar surface area (TPSA) is 46.2 Å². The fourth-order valence-electron chi connectivity index (χ4n) is 1.12. The molecular formula is C11H13NO. The predicted octanol–water partition coefficient (Wildman–Crippen LogP) is 0.900. The van der Waals surface area contributed by atoms with Crippen LogP contribution >= 0.6 is 0 Å². The summed E-state index contributed by atoms with van der Waals surface area (Å²) < 4.78 is 0. The first kappa shape index (κ1) is 9.63. The molecule has 0 aliphatic rings. The van der Waals surface area contributed by atoms with E-state index >= 15 is 0 Å². The summed E-state index contributed by atoms with van der Waals surface area (Å²) in [5.41, 5.74) is 6.19. The molecule has 1 atom stereocenters. The highest BCUT2D eigenvalue weighted by atomic mass is 16.3. The van der Waals surface area contributed by atoms with Crippen molar-refractivity contribution in [3.8, 4) is 12.0 Å². The van der Waals surface area contributed by atoms with Crippen LogP contribution in [-0.2, 0) is 6.42 Å². The van der Waals surface area contributed by atoms with Crippen LogP contribution in [0.2, 0.25) is 0 Å². The van der Waals surface area contributed by atoms with E-state index in [9.17, 15) is 5.11 Å². The molecule has 13 heavy (non-hydrogen) atoms. The molecule has 2 nitrogen and oxygen atoms in total. The van der Waals surface area contributed by atoms with Crippen LogP contribution in [0.15, 0.2) is 30.3 Å². The van der Waals surface area contributed by atoms with E-state index in [1.807, 2.05) is 30.3 Å². The lowest BCUT2D eigenvalue weighted by Crippen LogP contribution is -2.05. The van der Waals surface area contributed by atoms with E-state index in [4.69, 9.17) is 5.73 Å². The van der Waals surface area contributed by atoms with Gasteiger partial charge in [0, 0.05) is 6.04 Å². The van der Waals surface area contributed by atoms with E-state index in [0.29, 0.717) is 6.42 Å². The van der Waals surface area contributed by atoms with Crippen molar-refractivity contribution >= 4 is 0 Å². The van der Waals surface area contributed by atoms with Crippen LogP contribution in [0.25, 0.3) is 0 Å². The number of hydrogen-bond donors (Lipinski definition) is 2. The Morgan fingerprint density at radius 3 is 2.62 bits per heavy atom. The minimum absolute atomic E-state index is 0.606. The predicted molar refractivity (Wildman–Crippen MR) is 52.7 cm³/mol. The second-order valence-corrected chi connectivity index (χ2v) is 2.83. The van der Waals surface area contributed by atoms with Crippen LogP contribution in [0, 0.1) is 12.0 Å². The van der Waals surface area contributed by atoms with Crippen LogP contribution in [0.1, 0.15) is 12.0 Å². The lowest BCUT2D eigenvalue weighted by atomic mass is 10.1. The Bertz CT molecular complexity index is 297. The third-order valence-corrected chi connectivity index (χ3v) is 1.80. The van der Waals surface area contributed by atoms with Crippen molar-refractivity contribution in [2.24, 2.45) is 5.73 Å². The summed E-state index contributed by atoms with van der Waals surface area (Å²) in [6.45, 7) is 0. The van der Waals surface area contributed by atoms with Crippen LogP contribution in [0.3, 0.4) is 0 Å². The molecule has 0 saturated carbocycles. The molecule has 68 valence electrons. The Morgan fingerprint density at radius 1 is 1.31 bits per heavy atom. The molecule has 0 fully saturated rings. The van der Waals surface area contributed by atoms with Gasteiger partial charge in [-0.2, -0.15) is 0 Å². The Labute approximate surface area is 78.4 Å². The molecule has 3 N–H and O–H groups in total. The fourth-order valence-corrected chi connectivity index (χ4v) is 1.12. The Balaban J connectivity index is 2.38. The quantitative estimate of drug-likeness (QED) is 0.529. The molecule has 0 radical (unpaired) electrons. The molecule has 0 amide bonds. The summed E-state index contributed by atoms with van der Waals surface area (Å²) in [5, 5.41) is 9.26. The minimum Gasteiger partial charge on any atom is -0.380 e. The Kier molecular flexibility index (Phi) is 3.87. The molecule has 1 rings (SSSR count). The van der Waals surface area contributed by atoms with Gasteiger partial charge in [-0.3, -0.25) is 0 Å². The first-order chi connectivity index (χ1) is 6.33. The zero-order valence-electron chi connectivity index (χ0n) is 7.40. The molecule has 0 bridgehead atoms. The van der Waals surface area contributed by atoms with Crippen LogP contribution in [0.4, 0.5) is 0 Å². The minimum atomic E-state index is -0.606. The van der Waals surface area contributed by atoms with Crippen molar-refractivity contribution in [3.63, 3.8) is 0 Å². The van der Waals surface area contributed by atoms with Gasteiger partial charge in [-0.15, -0.1) is 0 Å². The summed E-state index contributed by atoms with van der Waals surface area (Å²) in [7, 11) is 0. The third kappa shape index (κ3) is 3.64. The summed E-state index contributed by atoms with van der Waals surface area (Å²) in [4.78, 5) is 0. The molecule has 0 aliphatic carbocycles. The van der Waals surface area contributed by atoms with Gasteiger partial charge in [-0.1, -0.05) is 30.3 Å². The summed E-state index contributed by atoms with van der Waals surface area (Å²) in [6, 6.07) is 12.2. The monoisotopic (exact) mass is 175 g/mol. The summed E-state index contributed by atoms with van der Waals surface area (Å²) in [5.74, 6) is 2.50. The Morgan fingerprint density at radius 2 is 2.00 bits per heavy atom. The first-order valence-electron chi connectivity index (χ1n) is 4.26. The molecule has 0 aromatic heterocycles. The molecular weight excluding hydrogens is 162 g/mol. The maximum absolute atomic E-state index is 9.26. The lowest BCUT2D eigenvalue weighted by Gasteiger charge is -2.02. The van der Waals surface area contributed by atoms with Gasteiger partial charge in [0.1, 0.15) is 6.10 Å². The van der Waals surface area contributed by atoms with E-state index in [2.05, 4.69) is 12.0 Å². The van der Waals surface area contributed by atoms with Crippen LogP contribution < -0.4 is 5.73 Å². The van der Waals surface area contributed by atoms with Crippen molar-refractivity contribution in [1.29, 1.82) is 0 Å². The average molecular weight is 175 g/mol. The third-order valence-electron chi connectivity index (χ3n) is 1.80. The largest absolute Gasteiger partial charge is 0.380 e. The second-order valence-electron chi connectivity index (χ2n) is 2.83. The molecule has 1 aromatic rings. The van der Waals surface area contributed by atoms with Gasteiger partial charge >= 0.3 is 0 Å². The maximum Gasteiger partial charge on any atom is 0.116 e. The van der Waals surface area contributed by atoms with Gasteiger partial charge in [0.15, 0.2) is 0 Å². The lowest BCUT2D eigenvalue weighted by molar-refractivity contribution is 0.222. The maximum atomic E-state index is 9.26. The highest BCUT2D eigenvalue weighted by Crippen LogP contribution is 2.04. The van der Waals surface area contributed by atoms with Gasteiger partial charge in [-0.05, 0) is 24.3 Å². The van der Waals surface area contributed by atoms with Gasteiger partial charge in [-0.25, -0.2) is 0 Å². The molecule has 0 aliphatic heterocycles. The molecule has 2 heteroatoms. The van der Waals surface area contributed by atoms with Crippen molar-refractivity contribution in [2.45, 2.75) is 18.9 Å². The van der Waals surface area contributed by atoms with Gasteiger partial charge in [0.25, 0.3) is 0 Å². The number of aryl methyl sites for hydroxylation is 1. The number of aliphatic hydroxyl groups excluding tert-OH is 1. The fraction of sp³-hybridized carbons (Fsp3) is 0.273. The van der Waals surface area contributed by atoms with Gasteiger partial charge in [0.05, 0.1) is 0 Å². The zero-order chi connectivity index (χ0) is 9.52. The standard InChI is InChI=1S/C11H13NO/c12-9-8-11(13)7-6-10-4-2-1-3-5-10/h1-5,11,13H,6-7,12H2. The van der Waals surface area contributed by atoms with Crippen molar-refractivity contribution < 1.29 is 5.11 Å². The number of rotatable bonds is 3. The molecule has 0 heterocycles. The van der Waals surface area contributed by atoms with Gasteiger partial charge < -0.3 is 10.8 Å². The number of nitrogens with two attached hydrogens (primary N) is 1.